The van der Waals surface area contributed by atoms with Crippen molar-refractivity contribution in [3.05, 3.63) is 0 Å². The standard InChI is InChI=1S/C8H22N4O/c9-1-3-11-5-7-13-8-6-12-4-2-10/h11-12H,1-10H2. The van der Waals surface area contributed by atoms with E-state index < -0.39 is 0 Å². The molecule has 0 aliphatic carbocycles. The number of nitrogens with one attached hydrogen (secondary N) is 2. The van der Waals surface area contributed by atoms with Crippen LogP contribution in [-0.2, 0) is 4.74 Å². The molecule has 0 aromatic carbocycles. The van der Waals surface area contributed by atoms with Gasteiger partial charge in [-0.05, 0) is 0 Å². The summed E-state index contributed by atoms with van der Waals surface area (Å²) in [5.41, 5.74) is 10.6. The Balaban J connectivity index is 2.76. The highest BCUT2D eigenvalue weighted by Crippen LogP contribution is 1.71. The van der Waals surface area contributed by atoms with E-state index in [1.807, 2.05) is 0 Å². The highest BCUT2D eigenvalue weighted by Gasteiger charge is 1.88. The zero-order chi connectivity index (χ0) is 9.78. The van der Waals surface area contributed by atoms with Crippen LogP contribution in [0.25, 0.3) is 0 Å². The van der Waals surface area contributed by atoms with E-state index in [2.05, 4.69) is 10.6 Å². The minimum absolute atomic E-state index is 0.679. The van der Waals surface area contributed by atoms with Gasteiger partial charge in [0.05, 0.1) is 13.2 Å². The van der Waals surface area contributed by atoms with E-state index in [0.717, 1.165) is 39.4 Å². The largest absolute Gasteiger partial charge is 0.379 e. The van der Waals surface area contributed by atoms with Gasteiger partial charge in [0, 0.05) is 39.3 Å². The summed E-state index contributed by atoms with van der Waals surface area (Å²) < 4.78 is 5.32. The highest BCUT2D eigenvalue weighted by atomic mass is 16.5. The zero-order valence-corrected chi connectivity index (χ0v) is 8.22. The van der Waals surface area contributed by atoms with Gasteiger partial charge in [-0.1, -0.05) is 0 Å². The summed E-state index contributed by atoms with van der Waals surface area (Å²) in [5, 5.41) is 6.29. The van der Waals surface area contributed by atoms with Crippen molar-refractivity contribution in [2.24, 2.45) is 11.5 Å². The number of hydrogen-bond donors (Lipinski definition) is 4. The molecule has 0 bridgehead atoms. The first-order valence-electron chi connectivity index (χ1n) is 4.81. The van der Waals surface area contributed by atoms with E-state index in [1.165, 1.54) is 0 Å². The molecule has 0 aromatic rings. The monoisotopic (exact) mass is 190 g/mol. The van der Waals surface area contributed by atoms with Gasteiger partial charge in [-0.15, -0.1) is 0 Å². The lowest BCUT2D eigenvalue weighted by Gasteiger charge is -2.05. The molecule has 0 atom stereocenters. The smallest absolute Gasteiger partial charge is 0.0591 e. The Morgan fingerprint density at radius 3 is 1.62 bits per heavy atom. The first kappa shape index (κ1) is 12.8. The summed E-state index contributed by atoms with van der Waals surface area (Å²) in [7, 11) is 0. The molecule has 5 nitrogen and oxygen atoms in total. The fourth-order valence-corrected chi connectivity index (χ4v) is 0.845. The van der Waals surface area contributed by atoms with Gasteiger partial charge >= 0.3 is 0 Å². The van der Waals surface area contributed by atoms with Crippen LogP contribution >= 0.6 is 0 Å². The number of nitrogens with two attached hydrogens (primary N) is 2. The molecule has 0 spiro atoms. The molecule has 0 amide bonds. The van der Waals surface area contributed by atoms with E-state index in [0.29, 0.717) is 13.1 Å². The third-order valence-corrected chi connectivity index (χ3v) is 1.49. The quantitative estimate of drug-likeness (QED) is 0.302. The molecule has 80 valence electrons. The summed E-state index contributed by atoms with van der Waals surface area (Å²) in [6.07, 6.45) is 0. The average Bonchev–Trinajstić information content (AvgIpc) is 2.16. The molecule has 0 aromatic heterocycles. The van der Waals surface area contributed by atoms with Crippen molar-refractivity contribution >= 4 is 0 Å². The molecule has 0 radical (unpaired) electrons. The van der Waals surface area contributed by atoms with Crippen LogP contribution in [-0.4, -0.2) is 52.5 Å². The average molecular weight is 190 g/mol. The van der Waals surface area contributed by atoms with Gasteiger partial charge in [0.25, 0.3) is 0 Å². The maximum absolute atomic E-state index is 5.32. The first-order chi connectivity index (χ1) is 6.41. The van der Waals surface area contributed by atoms with Gasteiger partial charge in [-0.3, -0.25) is 0 Å². The number of hydrogen-bond acceptors (Lipinski definition) is 5. The van der Waals surface area contributed by atoms with E-state index in [-0.39, 0.29) is 0 Å². The molecule has 0 rings (SSSR count). The summed E-state index contributed by atoms with van der Waals surface area (Å²) >= 11 is 0. The van der Waals surface area contributed by atoms with Crippen molar-refractivity contribution in [2.45, 2.75) is 0 Å². The third kappa shape index (κ3) is 11.8. The molecular weight excluding hydrogens is 168 g/mol. The van der Waals surface area contributed by atoms with Crippen LogP contribution in [0, 0.1) is 0 Å². The topological polar surface area (TPSA) is 85.3 Å². The van der Waals surface area contributed by atoms with Gasteiger partial charge in [-0.25, -0.2) is 0 Å². The van der Waals surface area contributed by atoms with Crippen LogP contribution in [0.4, 0.5) is 0 Å². The van der Waals surface area contributed by atoms with Crippen molar-refractivity contribution < 1.29 is 4.74 Å². The second kappa shape index (κ2) is 11.8. The molecule has 13 heavy (non-hydrogen) atoms. The Morgan fingerprint density at radius 1 is 0.769 bits per heavy atom. The van der Waals surface area contributed by atoms with Gasteiger partial charge in [-0.2, -0.15) is 0 Å². The fourth-order valence-electron chi connectivity index (χ4n) is 0.845. The lowest BCUT2D eigenvalue weighted by atomic mass is 10.5. The molecule has 0 saturated carbocycles. The summed E-state index contributed by atoms with van der Waals surface area (Å²) in [5.74, 6) is 0. The molecule has 0 fully saturated rings. The predicted octanol–water partition coefficient (Wildman–Crippen LogP) is -1.90. The molecule has 0 aliphatic heterocycles. The summed E-state index contributed by atoms with van der Waals surface area (Å²) in [6.45, 7) is 6.29. The van der Waals surface area contributed by atoms with E-state index >= 15 is 0 Å². The van der Waals surface area contributed by atoms with Crippen molar-refractivity contribution in [3.63, 3.8) is 0 Å². The molecule has 5 heteroatoms. The van der Waals surface area contributed by atoms with Crippen molar-refractivity contribution in [2.75, 3.05) is 52.5 Å². The number of ether oxygens (including phenoxy) is 1. The molecule has 0 saturated heterocycles. The lowest BCUT2D eigenvalue weighted by molar-refractivity contribution is 0.138. The Morgan fingerprint density at radius 2 is 1.23 bits per heavy atom. The zero-order valence-electron chi connectivity index (χ0n) is 8.22. The normalized spacial score (nSPS) is 10.6. The Kier molecular flexibility index (Phi) is 11.6. The van der Waals surface area contributed by atoms with Crippen molar-refractivity contribution in [1.82, 2.24) is 10.6 Å². The Hall–Kier alpha value is -0.200. The highest BCUT2D eigenvalue weighted by molar-refractivity contribution is 4.48. The van der Waals surface area contributed by atoms with Crippen molar-refractivity contribution in [3.8, 4) is 0 Å². The predicted molar refractivity (Wildman–Crippen MR) is 54.7 cm³/mol. The summed E-state index contributed by atoms with van der Waals surface area (Å²) in [4.78, 5) is 0. The van der Waals surface area contributed by atoms with Gasteiger partial charge in [0.2, 0.25) is 0 Å². The maximum Gasteiger partial charge on any atom is 0.0591 e. The fraction of sp³-hybridized carbons (Fsp3) is 1.00. The van der Waals surface area contributed by atoms with Crippen molar-refractivity contribution in [1.29, 1.82) is 0 Å². The van der Waals surface area contributed by atoms with E-state index in [1.54, 1.807) is 0 Å². The van der Waals surface area contributed by atoms with Crippen LogP contribution < -0.4 is 22.1 Å². The van der Waals surface area contributed by atoms with Crippen LogP contribution in [0.3, 0.4) is 0 Å². The third-order valence-electron chi connectivity index (χ3n) is 1.49. The Bertz CT molecular complexity index is 82.2. The Labute approximate surface area is 80.2 Å². The minimum atomic E-state index is 0.679. The molecule has 0 heterocycles. The second-order valence-corrected chi connectivity index (χ2v) is 2.69. The van der Waals surface area contributed by atoms with E-state index in [4.69, 9.17) is 16.2 Å². The van der Waals surface area contributed by atoms with Gasteiger partial charge in [0.15, 0.2) is 0 Å². The second-order valence-electron chi connectivity index (χ2n) is 2.69. The number of rotatable bonds is 10. The molecule has 0 unspecified atom stereocenters. The maximum atomic E-state index is 5.32. The van der Waals surface area contributed by atoms with Gasteiger partial charge in [0.1, 0.15) is 0 Å². The first-order valence-corrected chi connectivity index (χ1v) is 4.81. The van der Waals surface area contributed by atoms with Crippen LogP contribution in [0.15, 0.2) is 0 Å². The molecule has 6 N–H and O–H groups in total. The van der Waals surface area contributed by atoms with Crippen LogP contribution in [0.2, 0.25) is 0 Å². The molecule has 0 aliphatic rings. The van der Waals surface area contributed by atoms with Crippen LogP contribution in [0.1, 0.15) is 0 Å². The van der Waals surface area contributed by atoms with Gasteiger partial charge < -0.3 is 26.8 Å². The summed E-state index contributed by atoms with van der Waals surface area (Å²) in [6, 6.07) is 0. The SMILES string of the molecule is NCCNCCOCCNCCN. The lowest BCUT2D eigenvalue weighted by Crippen LogP contribution is -2.28. The van der Waals surface area contributed by atoms with E-state index in [9.17, 15) is 0 Å². The molecular formula is C8H22N4O. The minimum Gasteiger partial charge on any atom is -0.379 e. The van der Waals surface area contributed by atoms with Crippen LogP contribution in [0.5, 0.6) is 0 Å².